The van der Waals surface area contributed by atoms with Crippen molar-refractivity contribution in [3.63, 3.8) is 0 Å². The topological polar surface area (TPSA) is 68.8 Å². The molecule has 0 unspecified atom stereocenters. The molecule has 0 radical (unpaired) electrons. The molecule has 10 heteroatoms. The summed E-state index contributed by atoms with van der Waals surface area (Å²) in [5.74, 6) is -3.14. The first-order valence-corrected chi connectivity index (χ1v) is 8.03. The van der Waals surface area contributed by atoms with Gasteiger partial charge in [0.1, 0.15) is 5.75 Å². The number of methoxy groups -OCH3 is 1. The minimum Gasteiger partial charge on any atom is -0.497 e. The molecule has 0 spiro atoms. The summed E-state index contributed by atoms with van der Waals surface area (Å²) >= 11 is 5.75. The van der Waals surface area contributed by atoms with Crippen molar-refractivity contribution in [1.82, 2.24) is 10.6 Å². The Kier molecular flexibility index (Phi) is 4.97. The van der Waals surface area contributed by atoms with Gasteiger partial charge in [0.05, 0.1) is 7.11 Å². The molecule has 1 aliphatic rings. The summed E-state index contributed by atoms with van der Waals surface area (Å²) < 4.78 is 55.4. The summed E-state index contributed by atoms with van der Waals surface area (Å²) in [7, 11) is 1.50. The van der Waals surface area contributed by atoms with Crippen molar-refractivity contribution in [2.75, 3.05) is 7.11 Å². The molecule has 1 aliphatic heterocycles. The number of nitrogens with one attached hydrogen (secondary N) is 2. The van der Waals surface area contributed by atoms with Gasteiger partial charge in [-0.15, -0.1) is 0 Å². The van der Waals surface area contributed by atoms with E-state index in [-0.39, 0.29) is 23.1 Å². The first-order chi connectivity index (χ1) is 12.7. The number of rotatable bonds is 4. The third-order valence-electron chi connectivity index (χ3n) is 3.68. The highest BCUT2D eigenvalue weighted by Crippen LogP contribution is 2.46. The number of amides is 2. The number of urea groups is 1. The third-order valence-corrected chi connectivity index (χ3v) is 3.91. The van der Waals surface area contributed by atoms with Crippen LogP contribution in [0.2, 0.25) is 5.02 Å². The van der Waals surface area contributed by atoms with Crippen LogP contribution >= 0.6 is 11.6 Å². The molecule has 6 nitrogen and oxygen atoms in total. The molecule has 2 aromatic rings. The van der Waals surface area contributed by atoms with Crippen molar-refractivity contribution in [3.8, 4) is 17.2 Å². The van der Waals surface area contributed by atoms with Crippen LogP contribution in [0, 0.1) is 0 Å². The Morgan fingerprint density at radius 1 is 1.15 bits per heavy atom. The quantitative estimate of drug-likeness (QED) is 0.815. The molecule has 1 atom stereocenters. The molecule has 0 aliphatic carbocycles. The van der Waals surface area contributed by atoms with Gasteiger partial charge in [-0.1, -0.05) is 23.7 Å². The first-order valence-electron chi connectivity index (χ1n) is 7.66. The predicted octanol–water partition coefficient (Wildman–Crippen LogP) is 3.84. The number of carbonyl (C=O) groups excluding carboxylic acids is 1. The Balaban J connectivity index is 1.69. The smallest absolute Gasteiger partial charge is 0.492 e. The van der Waals surface area contributed by atoms with E-state index < -0.39 is 18.1 Å². The summed E-state index contributed by atoms with van der Waals surface area (Å²) in [6.45, 7) is -0.0114. The lowest BCUT2D eigenvalue weighted by Gasteiger charge is -2.29. The second kappa shape index (κ2) is 7.07. The van der Waals surface area contributed by atoms with E-state index in [4.69, 9.17) is 25.8 Å². The van der Waals surface area contributed by atoms with E-state index in [2.05, 4.69) is 5.32 Å². The molecule has 2 N–H and O–H groups in total. The SMILES string of the molecule is COc1ccc(CNC(=O)N[C@]2(C(F)(F)F)Oc3ccc(Cl)cc3O2)cc1. The van der Waals surface area contributed by atoms with Crippen LogP contribution in [-0.4, -0.2) is 25.2 Å². The fourth-order valence-corrected chi connectivity index (χ4v) is 2.50. The van der Waals surface area contributed by atoms with Crippen molar-refractivity contribution in [1.29, 1.82) is 0 Å². The Morgan fingerprint density at radius 2 is 1.81 bits per heavy atom. The van der Waals surface area contributed by atoms with Crippen LogP contribution in [0.4, 0.5) is 18.0 Å². The number of hydrogen-bond acceptors (Lipinski definition) is 4. The van der Waals surface area contributed by atoms with E-state index in [1.165, 1.54) is 25.3 Å². The molecule has 1 heterocycles. The maximum absolute atomic E-state index is 13.5. The van der Waals surface area contributed by atoms with Crippen LogP contribution in [0.3, 0.4) is 0 Å². The molecule has 0 saturated heterocycles. The lowest BCUT2D eigenvalue weighted by atomic mass is 10.2. The van der Waals surface area contributed by atoms with Gasteiger partial charge in [0.15, 0.2) is 11.5 Å². The van der Waals surface area contributed by atoms with Gasteiger partial charge >= 0.3 is 18.1 Å². The van der Waals surface area contributed by atoms with Gasteiger partial charge in [-0.25, -0.2) is 4.79 Å². The molecular formula is C17H14ClF3N2O4. The largest absolute Gasteiger partial charge is 0.497 e. The Bertz CT molecular complexity index is 845. The molecule has 0 aromatic heterocycles. The number of halogens is 4. The number of fused-ring (bicyclic) bond motifs is 1. The van der Waals surface area contributed by atoms with Crippen molar-refractivity contribution in [2.45, 2.75) is 18.6 Å². The molecular weight excluding hydrogens is 389 g/mol. The van der Waals surface area contributed by atoms with E-state index in [0.717, 1.165) is 0 Å². The summed E-state index contributed by atoms with van der Waals surface area (Å²) in [4.78, 5) is 12.0. The second-order valence-electron chi connectivity index (χ2n) is 5.57. The van der Waals surface area contributed by atoms with Crippen LogP contribution < -0.4 is 24.8 Å². The molecule has 2 amide bonds. The van der Waals surface area contributed by atoms with Gasteiger partial charge in [-0.3, -0.25) is 5.32 Å². The van der Waals surface area contributed by atoms with Crippen LogP contribution in [0.25, 0.3) is 0 Å². The number of hydrogen-bond donors (Lipinski definition) is 2. The van der Waals surface area contributed by atoms with Crippen LogP contribution in [0.1, 0.15) is 5.56 Å². The summed E-state index contributed by atoms with van der Waals surface area (Å²) in [5.41, 5.74) is 0.662. The van der Waals surface area contributed by atoms with E-state index in [1.54, 1.807) is 29.6 Å². The van der Waals surface area contributed by atoms with Crippen LogP contribution in [0.15, 0.2) is 42.5 Å². The van der Waals surface area contributed by atoms with Crippen molar-refractivity contribution in [2.24, 2.45) is 0 Å². The van der Waals surface area contributed by atoms with Crippen molar-refractivity contribution < 1.29 is 32.2 Å². The second-order valence-corrected chi connectivity index (χ2v) is 6.00. The zero-order valence-electron chi connectivity index (χ0n) is 13.9. The normalized spacial score (nSPS) is 18.1. The highest BCUT2D eigenvalue weighted by molar-refractivity contribution is 6.30. The summed E-state index contributed by atoms with van der Waals surface area (Å²) in [6.07, 6.45) is -5.05. The zero-order chi connectivity index (χ0) is 19.7. The monoisotopic (exact) mass is 402 g/mol. The fraction of sp³-hybridized carbons (Fsp3) is 0.235. The maximum Gasteiger partial charge on any atom is 0.492 e. The van der Waals surface area contributed by atoms with Crippen LogP contribution in [-0.2, 0) is 6.54 Å². The van der Waals surface area contributed by atoms with Gasteiger partial charge in [0.25, 0.3) is 0 Å². The molecule has 0 bridgehead atoms. The fourth-order valence-electron chi connectivity index (χ4n) is 2.33. The highest BCUT2D eigenvalue weighted by atomic mass is 35.5. The predicted molar refractivity (Wildman–Crippen MR) is 89.9 cm³/mol. The first kappa shape index (κ1) is 19.0. The third kappa shape index (κ3) is 3.97. The summed E-state index contributed by atoms with van der Waals surface area (Å²) in [6, 6.07) is 9.27. The molecule has 144 valence electrons. The molecule has 0 saturated carbocycles. The van der Waals surface area contributed by atoms with E-state index in [1.807, 2.05) is 0 Å². The standard InChI is InChI=1S/C17H14ClF3N2O4/c1-25-12-5-2-10(3-6-12)9-22-15(24)23-17(16(19,20)21)26-13-7-4-11(18)8-14(13)27-17/h2-8H,9H2,1H3,(H2,22,23,24)/t17-/m1/s1. The molecule has 2 aromatic carbocycles. The maximum atomic E-state index is 13.5. The minimum absolute atomic E-state index is 0.0114. The number of benzene rings is 2. The van der Waals surface area contributed by atoms with Gasteiger partial charge < -0.3 is 19.5 Å². The van der Waals surface area contributed by atoms with E-state index in [9.17, 15) is 18.0 Å². The molecule has 3 rings (SSSR count). The van der Waals surface area contributed by atoms with Crippen LogP contribution in [0.5, 0.6) is 17.2 Å². The molecule has 0 fully saturated rings. The van der Waals surface area contributed by atoms with Gasteiger partial charge in [-0.2, -0.15) is 13.2 Å². The van der Waals surface area contributed by atoms with Gasteiger partial charge in [0, 0.05) is 17.6 Å². The average Bonchev–Trinajstić information content (AvgIpc) is 2.98. The Hall–Kier alpha value is -2.81. The average molecular weight is 403 g/mol. The number of carbonyl (C=O) groups is 1. The Morgan fingerprint density at radius 3 is 2.44 bits per heavy atom. The molecule has 27 heavy (non-hydrogen) atoms. The lowest BCUT2D eigenvalue weighted by molar-refractivity contribution is -0.317. The van der Waals surface area contributed by atoms with Gasteiger partial charge in [0.2, 0.25) is 0 Å². The van der Waals surface area contributed by atoms with Crippen molar-refractivity contribution in [3.05, 3.63) is 53.1 Å². The lowest BCUT2D eigenvalue weighted by Crippen LogP contribution is -2.66. The number of alkyl halides is 3. The highest BCUT2D eigenvalue weighted by Gasteiger charge is 2.65. The van der Waals surface area contributed by atoms with E-state index in [0.29, 0.717) is 11.3 Å². The van der Waals surface area contributed by atoms with Gasteiger partial charge in [-0.05, 0) is 29.8 Å². The number of ether oxygens (including phenoxy) is 3. The van der Waals surface area contributed by atoms with E-state index >= 15 is 0 Å². The zero-order valence-corrected chi connectivity index (χ0v) is 14.6. The Labute approximate surface area is 157 Å². The van der Waals surface area contributed by atoms with Crippen molar-refractivity contribution >= 4 is 17.6 Å². The summed E-state index contributed by atoms with van der Waals surface area (Å²) in [5, 5.41) is 4.19. The minimum atomic E-state index is -5.05.